The van der Waals surface area contributed by atoms with Gasteiger partial charge in [0, 0.05) is 33.7 Å². The molecule has 40 heavy (non-hydrogen) atoms. The van der Waals surface area contributed by atoms with Crippen LogP contribution in [0.4, 0.5) is 5.69 Å². The number of benzene rings is 3. The minimum absolute atomic E-state index is 0.0597. The first-order valence-corrected chi connectivity index (χ1v) is 15.0. The van der Waals surface area contributed by atoms with E-state index in [0.717, 1.165) is 4.31 Å². The predicted octanol–water partition coefficient (Wildman–Crippen LogP) is 5.79. The second kappa shape index (κ2) is 14.1. The first kappa shape index (κ1) is 31.5. The summed E-state index contributed by atoms with van der Waals surface area (Å²) >= 11 is 19.0. The van der Waals surface area contributed by atoms with Gasteiger partial charge in [-0.15, -0.1) is 0 Å². The van der Waals surface area contributed by atoms with Crippen molar-refractivity contribution in [2.75, 3.05) is 24.5 Å². The summed E-state index contributed by atoms with van der Waals surface area (Å²) in [6.45, 7) is 3.14. The average Bonchev–Trinajstić information content (AvgIpc) is 2.94. The molecule has 0 bridgehead atoms. The number of amides is 2. The molecule has 0 aliphatic carbocycles. The second-order valence-electron chi connectivity index (χ2n) is 8.86. The molecule has 0 aromatic heterocycles. The maximum absolute atomic E-state index is 13.9. The Bertz CT molecular complexity index is 1430. The number of nitrogens with zero attached hydrogens (tertiary/aromatic N) is 2. The standard InChI is InChI=1S/C28H30Cl3N3O5S/c1-4-15-32-28(36)19(2)33(17-24-25(30)9-6-10-26(24)31)27(35)18-34(21-8-5-7-20(29)16-21)40(37,38)23-13-11-22(39-3)12-14-23/h5-14,16,19H,4,15,17-18H2,1-3H3,(H,32,36)/t19-/m0/s1. The van der Waals surface area contributed by atoms with Gasteiger partial charge in [-0.05, 0) is 67.9 Å². The number of rotatable bonds is 12. The lowest BCUT2D eigenvalue weighted by Gasteiger charge is -2.32. The fraction of sp³-hybridized carbons (Fsp3) is 0.286. The number of hydrogen-bond donors (Lipinski definition) is 1. The van der Waals surface area contributed by atoms with Crippen LogP contribution in [0.2, 0.25) is 15.1 Å². The Balaban J connectivity index is 2.06. The molecule has 0 saturated carbocycles. The number of carbonyl (C=O) groups excluding carboxylic acids is 2. The van der Waals surface area contributed by atoms with Gasteiger partial charge >= 0.3 is 0 Å². The topological polar surface area (TPSA) is 96.0 Å². The molecule has 1 N–H and O–H groups in total. The average molecular weight is 627 g/mol. The molecule has 1 atom stereocenters. The largest absolute Gasteiger partial charge is 0.497 e. The van der Waals surface area contributed by atoms with Gasteiger partial charge in [-0.2, -0.15) is 0 Å². The Kier molecular flexibility index (Phi) is 11.1. The van der Waals surface area contributed by atoms with Crippen LogP contribution in [-0.2, 0) is 26.2 Å². The molecule has 0 spiro atoms. The first-order valence-electron chi connectivity index (χ1n) is 12.4. The summed E-state index contributed by atoms with van der Waals surface area (Å²) in [5.41, 5.74) is 0.608. The number of halogens is 3. The summed E-state index contributed by atoms with van der Waals surface area (Å²) in [7, 11) is -2.78. The molecule has 0 aliphatic heterocycles. The van der Waals surface area contributed by atoms with Crippen molar-refractivity contribution >= 4 is 62.3 Å². The van der Waals surface area contributed by atoms with E-state index in [2.05, 4.69) is 5.32 Å². The molecule has 0 saturated heterocycles. The van der Waals surface area contributed by atoms with Crippen molar-refractivity contribution in [1.29, 1.82) is 0 Å². The maximum atomic E-state index is 13.9. The van der Waals surface area contributed by atoms with E-state index in [1.165, 1.54) is 48.4 Å². The second-order valence-corrected chi connectivity index (χ2v) is 12.0. The third-order valence-electron chi connectivity index (χ3n) is 6.13. The van der Waals surface area contributed by atoms with Gasteiger partial charge in [0.05, 0.1) is 17.7 Å². The highest BCUT2D eigenvalue weighted by atomic mass is 35.5. The van der Waals surface area contributed by atoms with Crippen LogP contribution < -0.4 is 14.4 Å². The first-order chi connectivity index (χ1) is 19.0. The van der Waals surface area contributed by atoms with Gasteiger partial charge in [-0.1, -0.05) is 53.9 Å². The fourth-order valence-electron chi connectivity index (χ4n) is 3.87. The minimum Gasteiger partial charge on any atom is -0.497 e. The van der Waals surface area contributed by atoms with Crippen molar-refractivity contribution in [1.82, 2.24) is 10.2 Å². The van der Waals surface area contributed by atoms with E-state index < -0.39 is 34.4 Å². The summed E-state index contributed by atoms with van der Waals surface area (Å²) < 4.78 is 33.8. The lowest BCUT2D eigenvalue weighted by Crippen LogP contribution is -2.51. The van der Waals surface area contributed by atoms with Crippen LogP contribution in [0.1, 0.15) is 25.8 Å². The zero-order chi connectivity index (χ0) is 29.4. The summed E-state index contributed by atoms with van der Waals surface area (Å²) in [5.74, 6) is -0.572. The number of hydrogen-bond acceptors (Lipinski definition) is 5. The van der Waals surface area contributed by atoms with Crippen molar-refractivity contribution in [3.05, 3.63) is 87.4 Å². The zero-order valence-corrected chi connectivity index (χ0v) is 25.3. The van der Waals surface area contributed by atoms with Crippen LogP contribution in [0, 0.1) is 0 Å². The van der Waals surface area contributed by atoms with Gasteiger partial charge in [0.2, 0.25) is 11.8 Å². The van der Waals surface area contributed by atoms with Crippen LogP contribution in [-0.4, -0.2) is 51.4 Å². The third kappa shape index (κ3) is 7.60. The zero-order valence-electron chi connectivity index (χ0n) is 22.2. The Morgan fingerprint density at radius 3 is 2.17 bits per heavy atom. The number of methoxy groups -OCH3 is 1. The van der Waals surface area contributed by atoms with E-state index in [4.69, 9.17) is 39.5 Å². The van der Waals surface area contributed by atoms with Crippen LogP contribution >= 0.6 is 34.8 Å². The molecule has 3 aromatic carbocycles. The van der Waals surface area contributed by atoms with E-state index in [9.17, 15) is 18.0 Å². The van der Waals surface area contributed by atoms with Crippen molar-refractivity contribution < 1.29 is 22.7 Å². The van der Waals surface area contributed by atoms with Gasteiger partial charge in [0.25, 0.3) is 10.0 Å². The van der Waals surface area contributed by atoms with Crippen molar-refractivity contribution in [3.63, 3.8) is 0 Å². The SMILES string of the molecule is CCCNC(=O)[C@H](C)N(Cc1c(Cl)cccc1Cl)C(=O)CN(c1cccc(Cl)c1)S(=O)(=O)c1ccc(OC)cc1. The number of ether oxygens (including phenoxy) is 1. The molecule has 12 heteroatoms. The number of anilines is 1. The molecular weight excluding hydrogens is 597 g/mol. The molecular formula is C28H30Cl3N3O5S. The van der Waals surface area contributed by atoms with E-state index in [1.807, 2.05) is 6.92 Å². The van der Waals surface area contributed by atoms with E-state index >= 15 is 0 Å². The molecule has 0 fully saturated rings. The lowest BCUT2D eigenvalue weighted by atomic mass is 10.1. The van der Waals surface area contributed by atoms with Crippen molar-refractivity contribution in [3.8, 4) is 5.75 Å². The number of sulfonamides is 1. The normalized spacial score (nSPS) is 11.9. The Labute approximate surface area is 249 Å². The van der Waals surface area contributed by atoms with Crippen LogP contribution in [0.25, 0.3) is 0 Å². The van der Waals surface area contributed by atoms with E-state index in [-0.39, 0.29) is 22.2 Å². The van der Waals surface area contributed by atoms with E-state index in [1.54, 1.807) is 37.3 Å². The molecule has 0 aliphatic rings. The monoisotopic (exact) mass is 625 g/mol. The summed E-state index contributed by atoms with van der Waals surface area (Å²) in [6, 6.07) is 15.9. The van der Waals surface area contributed by atoms with Crippen LogP contribution in [0.3, 0.4) is 0 Å². The van der Waals surface area contributed by atoms with Crippen molar-refractivity contribution in [2.45, 2.75) is 37.8 Å². The molecule has 0 unspecified atom stereocenters. The van der Waals surface area contributed by atoms with E-state index in [0.29, 0.717) is 34.3 Å². The fourth-order valence-corrected chi connectivity index (χ4v) is 5.97. The highest BCUT2D eigenvalue weighted by Gasteiger charge is 2.33. The summed E-state index contributed by atoms with van der Waals surface area (Å²) in [6.07, 6.45) is 0.700. The number of nitrogens with one attached hydrogen (secondary N) is 1. The molecule has 3 aromatic rings. The Hall–Kier alpha value is -2.98. The smallest absolute Gasteiger partial charge is 0.264 e. The van der Waals surface area contributed by atoms with Gasteiger partial charge in [0.15, 0.2) is 0 Å². The van der Waals surface area contributed by atoms with Gasteiger partial charge in [-0.3, -0.25) is 13.9 Å². The molecule has 214 valence electrons. The third-order valence-corrected chi connectivity index (χ3v) is 8.86. The molecule has 3 rings (SSSR count). The molecule has 0 radical (unpaired) electrons. The molecule has 0 heterocycles. The lowest BCUT2D eigenvalue weighted by molar-refractivity contribution is -0.139. The summed E-state index contributed by atoms with van der Waals surface area (Å²) in [5, 5.41) is 3.68. The van der Waals surface area contributed by atoms with Gasteiger partial charge in [-0.25, -0.2) is 8.42 Å². The number of carbonyl (C=O) groups is 2. The molecule has 8 nitrogen and oxygen atoms in total. The van der Waals surface area contributed by atoms with Crippen LogP contribution in [0.15, 0.2) is 71.6 Å². The predicted molar refractivity (Wildman–Crippen MR) is 159 cm³/mol. The quantitative estimate of drug-likeness (QED) is 0.274. The molecule has 2 amide bonds. The maximum Gasteiger partial charge on any atom is 0.264 e. The highest BCUT2D eigenvalue weighted by Crippen LogP contribution is 2.29. The van der Waals surface area contributed by atoms with Gasteiger partial charge < -0.3 is 15.0 Å². The van der Waals surface area contributed by atoms with Crippen LogP contribution in [0.5, 0.6) is 5.75 Å². The minimum atomic E-state index is -4.25. The Morgan fingerprint density at radius 1 is 0.975 bits per heavy atom. The Morgan fingerprint density at radius 2 is 1.60 bits per heavy atom. The van der Waals surface area contributed by atoms with Crippen molar-refractivity contribution in [2.24, 2.45) is 0 Å². The van der Waals surface area contributed by atoms with Gasteiger partial charge in [0.1, 0.15) is 18.3 Å². The summed E-state index contributed by atoms with van der Waals surface area (Å²) in [4.78, 5) is 28.1. The highest BCUT2D eigenvalue weighted by molar-refractivity contribution is 7.92.